The largest absolute Gasteiger partial charge is 0.307 e. The zero-order valence-electron chi connectivity index (χ0n) is 4.29. The SMILES string of the molecule is NC1C=CC=CN1I. The van der Waals surface area contributed by atoms with Crippen molar-refractivity contribution in [2.45, 2.75) is 6.17 Å². The minimum Gasteiger partial charge on any atom is -0.307 e. The van der Waals surface area contributed by atoms with E-state index in [2.05, 4.69) is 22.9 Å². The molecule has 0 spiro atoms. The van der Waals surface area contributed by atoms with E-state index in [9.17, 15) is 0 Å². The summed E-state index contributed by atoms with van der Waals surface area (Å²) in [5.74, 6) is 0. The number of rotatable bonds is 0. The molecule has 0 saturated heterocycles. The number of nitrogens with zero attached hydrogens (tertiary/aromatic N) is 1. The van der Waals surface area contributed by atoms with Gasteiger partial charge in [0.1, 0.15) is 6.17 Å². The zero-order chi connectivity index (χ0) is 5.98. The molecule has 2 nitrogen and oxygen atoms in total. The molecule has 1 unspecified atom stereocenters. The molecule has 1 aliphatic rings. The predicted molar refractivity (Wildman–Crippen MR) is 42.1 cm³/mol. The van der Waals surface area contributed by atoms with Crippen LogP contribution < -0.4 is 5.73 Å². The molecule has 0 radical (unpaired) electrons. The van der Waals surface area contributed by atoms with Crippen LogP contribution in [0.2, 0.25) is 0 Å². The first-order valence-corrected chi connectivity index (χ1v) is 3.32. The fraction of sp³-hybridized carbons (Fsp3) is 0.200. The van der Waals surface area contributed by atoms with Gasteiger partial charge < -0.3 is 8.85 Å². The standard InChI is InChI=1S/C5H7IN2/c6-8-4-2-1-3-5(8)7/h1-5H,7H2. The van der Waals surface area contributed by atoms with E-state index in [1.807, 2.05) is 27.5 Å². The van der Waals surface area contributed by atoms with Crippen LogP contribution in [0.4, 0.5) is 0 Å². The highest BCUT2D eigenvalue weighted by molar-refractivity contribution is 14.1. The number of nitrogens with two attached hydrogens (primary N) is 1. The van der Waals surface area contributed by atoms with Gasteiger partial charge in [-0.2, -0.15) is 0 Å². The van der Waals surface area contributed by atoms with Gasteiger partial charge in [0.15, 0.2) is 0 Å². The number of hydrogen-bond acceptors (Lipinski definition) is 2. The lowest BCUT2D eigenvalue weighted by molar-refractivity contribution is 0.565. The molecular formula is C5H7IN2. The lowest BCUT2D eigenvalue weighted by atomic mass is 10.3. The van der Waals surface area contributed by atoms with Crippen LogP contribution in [0, 0.1) is 0 Å². The molecule has 0 aromatic heterocycles. The van der Waals surface area contributed by atoms with E-state index in [0.29, 0.717) is 0 Å². The van der Waals surface area contributed by atoms with Crippen LogP contribution in [0.25, 0.3) is 0 Å². The van der Waals surface area contributed by atoms with Gasteiger partial charge in [0.25, 0.3) is 0 Å². The van der Waals surface area contributed by atoms with E-state index in [0.717, 1.165) is 0 Å². The Hall–Kier alpha value is -0.0300. The van der Waals surface area contributed by atoms with Crippen molar-refractivity contribution in [2.24, 2.45) is 5.73 Å². The van der Waals surface area contributed by atoms with Gasteiger partial charge in [-0.05, 0) is 12.2 Å². The number of hydrogen-bond donors (Lipinski definition) is 1. The van der Waals surface area contributed by atoms with Gasteiger partial charge in [-0.25, -0.2) is 0 Å². The summed E-state index contributed by atoms with van der Waals surface area (Å²) in [5.41, 5.74) is 5.56. The van der Waals surface area contributed by atoms with Gasteiger partial charge in [-0.3, -0.25) is 0 Å². The van der Waals surface area contributed by atoms with Crippen LogP contribution in [0.5, 0.6) is 0 Å². The quantitative estimate of drug-likeness (QED) is 0.489. The monoisotopic (exact) mass is 222 g/mol. The molecule has 1 atom stereocenters. The lowest BCUT2D eigenvalue weighted by Gasteiger charge is -2.18. The summed E-state index contributed by atoms with van der Waals surface area (Å²) in [7, 11) is 0. The van der Waals surface area contributed by atoms with E-state index < -0.39 is 0 Å². The molecule has 0 bridgehead atoms. The molecule has 2 N–H and O–H groups in total. The second-order valence-corrected chi connectivity index (χ2v) is 2.68. The summed E-state index contributed by atoms with van der Waals surface area (Å²) < 4.78 is 1.91. The molecule has 0 amide bonds. The number of halogens is 1. The van der Waals surface area contributed by atoms with Gasteiger partial charge in [0.2, 0.25) is 0 Å². The van der Waals surface area contributed by atoms with E-state index in [-0.39, 0.29) is 6.17 Å². The summed E-state index contributed by atoms with van der Waals surface area (Å²) in [6.45, 7) is 0. The molecule has 44 valence electrons. The van der Waals surface area contributed by atoms with E-state index in [1.54, 1.807) is 0 Å². The second kappa shape index (κ2) is 2.50. The molecule has 0 aromatic rings. The Bertz CT molecular complexity index is 114. The van der Waals surface area contributed by atoms with Crippen molar-refractivity contribution in [3.63, 3.8) is 0 Å². The summed E-state index contributed by atoms with van der Waals surface area (Å²) in [6.07, 6.45) is 7.83. The Morgan fingerprint density at radius 1 is 1.50 bits per heavy atom. The highest BCUT2D eigenvalue weighted by Gasteiger charge is 2.02. The van der Waals surface area contributed by atoms with Crippen LogP contribution in [0.15, 0.2) is 24.4 Å². The van der Waals surface area contributed by atoms with E-state index in [4.69, 9.17) is 5.73 Å². The first-order valence-electron chi connectivity index (χ1n) is 2.35. The molecular weight excluding hydrogens is 215 g/mol. The predicted octanol–water partition coefficient (Wildman–Crippen LogP) is 1.01. The van der Waals surface area contributed by atoms with Crippen LogP contribution in [0.1, 0.15) is 0 Å². The second-order valence-electron chi connectivity index (χ2n) is 1.56. The molecule has 0 saturated carbocycles. The van der Waals surface area contributed by atoms with Gasteiger partial charge >= 0.3 is 0 Å². The smallest absolute Gasteiger partial charge is 0.105 e. The Kier molecular flexibility index (Phi) is 1.90. The van der Waals surface area contributed by atoms with Crippen LogP contribution in [0.3, 0.4) is 0 Å². The van der Waals surface area contributed by atoms with Crippen molar-refractivity contribution >= 4 is 22.9 Å². The first kappa shape index (κ1) is 6.10. The maximum absolute atomic E-state index is 5.56. The number of allylic oxidation sites excluding steroid dienone is 2. The molecule has 1 heterocycles. The highest BCUT2D eigenvalue weighted by atomic mass is 127. The molecule has 8 heavy (non-hydrogen) atoms. The van der Waals surface area contributed by atoms with Crippen molar-refractivity contribution in [1.82, 2.24) is 3.11 Å². The van der Waals surface area contributed by atoms with Crippen LogP contribution >= 0.6 is 22.9 Å². The highest BCUT2D eigenvalue weighted by Crippen LogP contribution is 2.07. The summed E-state index contributed by atoms with van der Waals surface area (Å²) in [5, 5.41) is 0. The fourth-order valence-electron chi connectivity index (χ4n) is 0.492. The van der Waals surface area contributed by atoms with Gasteiger partial charge in [0.05, 0.1) is 22.9 Å². The maximum atomic E-state index is 5.56. The molecule has 0 aromatic carbocycles. The molecule has 0 fully saturated rings. The summed E-state index contributed by atoms with van der Waals surface area (Å²) in [6, 6.07) is 0. The van der Waals surface area contributed by atoms with Crippen LogP contribution in [-0.2, 0) is 0 Å². The van der Waals surface area contributed by atoms with Crippen molar-refractivity contribution in [3.8, 4) is 0 Å². The summed E-state index contributed by atoms with van der Waals surface area (Å²) >= 11 is 2.15. The third kappa shape index (κ3) is 1.23. The van der Waals surface area contributed by atoms with Crippen LogP contribution in [-0.4, -0.2) is 9.28 Å². The Morgan fingerprint density at radius 3 is 2.62 bits per heavy atom. The van der Waals surface area contributed by atoms with Crippen molar-refractivity contribution < 1.29 is 0 Å². The van der Waals surface area contributed by atoms with E-state index >= 15 is 0 Å². The topological polar surface area (TPSA) is 29.3 Å². The van der Waals surface area contributed by atoms with Crippen molar-refractivity contribution in [3.05, 3.63) is 24.4 Å². The minimum absolute atomic E-state index is 0.0561. The van der Waals surface area contributed by atoms with Crippen molar-refractivity contribution in [1.29, 1.82) is 0 Å². The van der Waals surface area contributed by atoms with Gasteiger partial charge in [-0.1, -0.05) is 6.08 Å². The molecule has 1 aliphatic heterocycles. The van der Waals surface area contributed by atoms with Gasteiger partial charge in [0, 0.05) is 6.20 Å². The van der Waals surface area contributed by atoms with Crippen molar-refractivity contribution in [2.75, 3.05) is 0 Å². The Labute approximate surface area is 62.5 Å². The molecule has 1 rings (SSSR count). The summed E-state index contributed by atoms with van der Waals surface area (Å²) in [4.78, 5) is 0. The third-order valence-electron chi connectivity index (χ3n) is 0.933. The normalized spacial score (nSPS) is 26.8. The average molecular weight is 222 g/mol. The Balaban J connectivity index is 2.59. The third-order valence-corrected chi connectivity index (χ3v) is 1.90. The van der Waals surface area contributed by atoms with E-state index in [1.165, 1.54) is 0 Å². The average Bonchev–Trinajstić information content (AvgIpc) is 1.77. The zero-order valence-corrected chi connectivity index (χ0v) is 6.45. The maximum Gasteiger partial charge on any atom is 0.105 e. The molecule has 3 heteroatoms. The lowest BCUT2D eigenvalue weighted by Crippen LogP contribution is -2.30. The molecule has 0 aliphatic carbocycles. The fourth-order valence-corrected chi connectivity index (χ4v) is 0.863. The minimum atomic E-state index is 0.0561. The first-order chi connectivity index (χ1) is 3.80. The Morgan fingerprint density at radius 2 is 2.25 bits per heavy atom. The van der Waals surface area contributed by atoms with Gasteiger partial charge in [-0.15, -0.1) is 0 Å².